The highest BCUT2D eigenvalue weighted by Crippen LogP contribution is 2.34. The van der Waals surface area contributed by atoms with E-state index >= 15 is 0 Å². The molecule has 3 aromatic rings. The zero-order chi connectivity index (χ0) is 19.1. The molecule has 0 radical (unpaired) electrons. The van der Waals surface area contributed by atoms with Gasteiger partial charge in [0.05, 0.1) is 10.9 Å². The van der Waals surface area contributed by atoms with E-state index < -0.39 is 0 Å². The van der Waals surface area contributed by atoms with Gasteiger partial charge >= 0.3 is 5.97 Å². The monoisotopic (exact) mass is 488 g/mol. The second-order valence-corrected chi connectivity index (χ2v) is 7.74. The third-order valence-corrected chi connectivity index (χ3v) is 4.94. The average Bonchev–Trinajstić information content (AvgIpc) is 2.67. The van der Waals surface area contributed by atoms with Gasteiger partial charge in [-0.25, -0.2) is 0 Å². The molecule has 138 valence electrons. The molecule has 0 aliphatic carbocycles. The van der Waals surface area contributed by atoms with Crippen molar-refractivity contribution < 1.29 is 14.3 Å². The lowest BCUT2D eigenvalue weighted by Gasteiger charge is -2.14. The number of rotatable bonds is 7. The van der Waals surface area contributed by atoms with Crippen LogP contribution in [0.2, 0.25) is 0 Å². The van der Waals surface area contributed by atoms with E-state index in [0.29, 0.717) is 12.4 Å². The Morgan fingerprint density at radius 2 is 1.41 bits per heavy atom. The number of halogens is 2. The molecule has 5 heteroatoms. The quantitative estimate of drug-likeness (QED) is 0.377. The van der Waals surface area contributed by atoms with Crippen LogP contribution in [0.1, 0.15) is 16.7 Å². The van der Waals surface area contributed by atoms with E-state index in [1.807, 2.05) is 72.8 Å². The standard InChI is InChI=1S/C22H18Br2O3/c23-19-11-18(12-21(25)26-14-16-7-3-1-4-8-16)22(20(24)13-19)27-15-17-9-5-2-6-10-17/h1-11,13H,12,14-15H2. The minimum Gasteiger partial charge on any atom is -0.487 e. The fourth-order valence-electron chi connectivity index (χ4n) is 2.58. The number of benzene rings is 3. The normalized spacial score (nSPS) is 10.4. The van der Waals surface area contributed by atoms with E-state index in [9.17, 15) is 4.79 Å². The van der Waals surface area contributed by atoms with Crippen molar-refractivity contribution in [3.63, 3.8) is 0 Å². The Morgan fingerprint density at radius 3 is 2.04 bits per heavy atom. The molecule has 0 bridgehead atoms. The van der Waals surface area contributed by atoms with Gasteiger partial charge in [0.2, 0.25) is 0 Å². The summed E-state index contributed by atoms with van der Waals surface area (Å²) in [6.45, 7) is 0.683. The molecule has 0 fully saturated rings. The number of hydrogen-bond donors (Lipinski definition) is 0. The van der Waals surface area contributed by atoms with Crippen LogP contribution < -0.4 is 4.74 Å². The van der Waals surface area contributed by atoms with Gasteiger partial charge < -0.3 is 9.47 Å². The lowest BCUT2D eigenvalue weighted by molar-refractivity contribution is -0.144. The highest BCUT2D eigenvalue weighted by atomic mass is 79.9. The molecule has 0 aliphatic rings. The van der Waals surface area contributed by atoms with Crippen LogP contribution in [0, 0.1) is 0 Å². The summed E-state index contributed by atoms with van der Waals surface area (Å²) in [6.07, 6.45) is 0.134. The Labute approximate surface area is 175 Å². The summed E-state index contributed by atoms with van der Waals surface area (Å²) < 4.78 is 13.1. The van der Waals surface area contributed by atoms with Crippen LogP contribution in [-0.4, -0.2) is 5.97 Å². The Morgan fingerprint density at radius 1 is 0.815 bits per heavy atom. The molecule has 0 saturated carbocycles. The first-order valence-electron chi connectivity index (χ1n) is 8.46. The van der Waals surface area contributed by atoms with Gasteiger partial charge in [-0.15, -0.1) is 0 Å². The van der Waals surface area contributed by atoms with Crippen molar-refractivity contribution >= 4 is 37.8 Å². The minimum absolute atomic E-state index is 0.134. The zero-order valence-electron chi connectivity index (χ0n) is 14.5. The lowest BCUT2D eigenvalue weighted by Crippen LogP contribution is -2.10. The van der Waals surface area contributed by atoms with Crippen molar-refractivity contribution in [3.8, 4) is 5.75 Å². The van der Waals surface area contributed by atoms with Gasteiger partial charge in [-0.1, -0.05) is 76.6 Å². The molecule has 0 aromatic heterocycles. The molecule has 3 rings (SSSR count). The summed E-state index contributed by atoms with van der Waals surface area (Å²) in [5.74, 6) is 0.354. The number of esters is 1. The van der Waals surface area contributed by atoms with Gasteiger partial charge in [-0.05, 0) is 39.2 Å². The molecule has 0 amide bonds. The molecule has 0 spiro atoms. The van der Waals surface area contributed by atoms with Crippen molar-refractivity contribution in [2.45, 2.75) is 19.6 Å². The first-order chi connectivity index (χ1) is 13.1. The predicted molar refractivity (Wildman–Crippen MR) is 113 cm³/mol. The van der Waals surface area contributed by atoms with Crippen molar-refractivity contribution in [1.82, 2.24) is 0 Å². The topological polar surface area (TPSA) is 35.5 Å². The maximum Gasteiger partial charge on any atom is 0.310 e. The second kappa shape index (κ2) is 9.72. The van der Waals surface area contributed by atoms with E-state index in [0.717, 1.165) is 25.6 Å². The SMILES string of the molecule is O=C(Cc1cc(Br)cc(Br)c1OCc1ccccc1)OCc1ccccc1. The molecular weight excluding hydrogens is 472 g/mol. The Hall–Kier alpha value is -2.11. The molecule has 3 nitrogen and oxygen atoms in total. The minimum atomic E-state index is -0.298. The van der Waals surface area contributed by atoms with Crippen molar-refractivity contribution in [1.29, 1.82) is 0 Å². The number of ether oxygens (including phenoxy) is 2. The van der Waals surface area contributed by atoms with Crippen LogP contribution in [0.3, 0.4) is 0 Å². The van der Waals surface area contributed by atoms with Gasteiger partial charge in [0, 0.05) is 10.0 Å². The summed E-state index contributed by atoms with van der Waals surface area (Å²) >= 11 is 7.00. The lowest BCUT2D eigenvalue weighted by atomic mass is 10.1. The molecule has 0 heterocycles. The first-order valence-corrected chi connectivity index (χ1v) is 10.0. The highest BCUT2D eigenvalue weighted by Gasteiger charge is 2.15. The van der Waals surface area contributed by atoms with Crippen molar-refractivity contribution in [3.05, 3.63) is 98.4 Å². The van der Waals surface area contributed by atoms with Gasteiger partial charge in [0.1, 0.15) is 19.0 Å². The van der Waals surface area contributed by atoms with Gasteiger partial charge in [0.25, 0.3) is 0 Å². The zero-order valence-corrected chi connectivity index (χ0v) is 17.7. The van der Waals surface area contributed by atoms with E-state index in [-0.39, 0.29) is 19.0 Å². The van der Waals surface area contributed by atoms with Crippen LogP contribution in [0.4, 0.5) is 0 Å². The van der Waals surface area contributed by atoms with E-state index in [1.165, 1.54) is 0 Å². The first kappa shape index (κ1) is 19.6. The fourth-order valence-corrected chi connectivity index (χ4v) is 4.01. The molecule has 0 aliphatic heterocycles. The van der Waals surface area contributed by atoms with E-state index in [2.05, 4.69) is 31.9 Å². The van der Waals surface area contributed by atoms with E-state index in [1.54, 1.807) is 0 Å². The second-order valence-electron chi connectivity index (χ2n) is 5.97. The molecule has 3 aromatic carbocycles. The van der Waals surface area contributed by atoms with Gasteiger partial charge in [0.15, 0.2) is 0 Å². The summed E-state index contributed by atoms with van der Waals surface area (Å²) in [5.41, 5.74) is 2.79. The fraction of sp³-hybridized carbons (Fsp3) is 0.136. The molecule has 0 saturated heterocycles. The van der Waals surface area contributed by atoms with Gasteiger partial charge in [-0.3, -0.25) is 4.79 Å². The summed E-state index contributed by atoms with van der Waals surface area (Å²) in [7, 11) is 0. The maximum absolute atomic E-state index is 12.3. The summed E-state index contributed by atoms with van der Waals surface area (Å²) in [6, 6.07) is 23.3. The number of carbonyl (C=O) groups excluding carboxylic acids is 1. The Kier molecular flexibility index (Phi) is 7.07. The maximum atomic E-state index is 12.3. The largest absolute Gasteiger partial charge is 0.487 e. The average molecular weight is 490 g/mol. The predicted octanol–water partition coefficient (Wildman–Crippen LogP) is 6.08. The van der Waals surface area contributed by atoms with E-state index in [4.69, 9.17) is 9.47 Å². The molecule has 0 atom stereocenters. The molecule has 27 heavy (non-hydrogen) atoms. The summed E-state index contributed by atoms with van der Waals surface area (Å²) in [5, 5.41) is 0. The van der Waals surface area contributed by atoms with Crippen LogP contribution in [0.25, 0.3) is 0 Å². The summed E-state index contributed by atoms with van der Waals surface area (Å²) in [4.78, 5) is 12.3. The van der Waals surface area contributed by atoms with Crippen LogP contribution in [-0.2, 0) is 29.2 Å². The number of carbonyl (C=O) groups is 1. The van der Waals surface area contributed by atoms with Crippen LogP contribution in [0.15, 0.2) is 81.7 Å². The van der Waals surface area contributed by atoms with Crippen molar-refractivity contribution in [2.75, 3.05) is 0 Å². The number of hydrogen-bond acceptors (Lipinski definition) is 3. The Balaban J connectivity index is 1.68. The molecule has 0 unspecified atom stereocenters. The van der Waals surface area contributed by atoms with Crippen LogP contribution in [0.5, 0.6) is 5.75 Å². The highest BCUT2D eigenvalue weighted by molar-refractivity contribution is 9.11. The van der Waals surface area contributed by atoms with Gasteiger partial charge in [-0.2, -0.15) is 0 Å². The van der Waals surface area contributed by atoms with Crippen molar-refractivity contribution in [2.24, 2.45) is 0 Å². The Bertz CT molecular complexity index is 896. The smallest absolute Gasteiger partial charge is 0.310 e. The molecular formula is C22H18Br2O3. The molecule has 0 N–H and O–H groups in total. The third kappa shape index (κ3) is 5.94. The third-order valence-electron chi connectivity index (χ3n) is 3.89. The van der Waals surface area contributed by atoms with Crippen LogP contribution >= 0.6 is 31.9 Å².